The number of ether oxygens (including phenoxy) is 1. The second kappa shape index (κ2) is 5.93. The normalized spacial score (nSPS) is 10.6. The molecule has 0 saturated heterocycles. The summed E-state index contributed by atoms with van der Waals surface area (Å²) in [5.74, 6) is 1.26. The molecule has 0 atom stereocenters. The molecule has 0 saturated carbocycles. The zero-order valence-corrected chi connectivity index (χ0v) is 12.0. The van der Waals surface area contributed by atoms with Crippen LogP contribution >= 0.6 is 11.6 Å². The maximum absolute atomic E-state index is 6.04. The Bertz CT molecular complexity index is 727. The molecule has 0 aliphatic heterocycles. The summed E-state index contributed by atoms with van der Waals surface area (Å²) in [4.78, 5) is 12.5. The molecule has 1 aromatic carbocycles. The first-order chi connectivity index (χ1) is 10.2. The molecule has 106 valence electrons. The summed E-state index contributed by atoms with van der Waals surface area (Å²) in [6.45, 7) is 2.16. The van der Waals surface area contributed by atoms with Gasteiger partial charge in [0.2, 0.25) is 0 Å². The van der Waals surface area contributed by atoms with Crippen LogP contribution in [0.2, 0.25) is 5.02 Å². The quantitative estimate of drug-likeness (QED) is 0.735. The van der Waals surface area contributed by atoms with Gasteiger partial charge in [0.15, 0.2) is 12.2 Å². The second-order valence-corrected chi connectivity index (χ2v) is 4.88. The summed E-state index contributed by atoms with van der Waals surface area (Å²) in [6.07, 6.45) is 6.39. The van der Waals surface area contributed by atoms with Gasteiger partial charge in [-0.1, -0.05) is 11.6 Å². The Balaban J connectivity index is 1.91. The molecule has 2 aromatic heterocycles. The van der Waals surface area contributed by atoms with Gasteiger partial charge in [0, 0.05) is 16.8 Å². The van der Waals surface area contributed by atoms with E-state index in [1.807, 2.05) is 13.0 Å². The molecule has 0 bridgehead atoms. The Morgan fingerprint density at radius 3 is 2.81 bits per heavy atom. The molecule has 0 spiro atoms. The SMILES string of the molecule is Cc1cnc(-c2ccc(Cl)cc2OCc2cnco2)cn1. The number of hydrogen-bond donors (Lipinski definition) is 0. The number of aryl methyl sites for hydroxylation is 1. The Morgan fingerprint density at radius 1 is 1.19 bits per heavy atom. The van der Waals surface area contributed by atoms with Gasteiger partial charge in [-0.2, -0.15) is 0 Å². The highest BCUT2D eigenvalue weighted by atomic mass is 35.5. The highest BCUT2D eigenvalue weighted by Crippen LogP contribution is 2.31. The minimum atomic E-state index is 0.270. The van der Waals surface area contributed by atoms with Gasteiger partial charge in [-0.15, -0.1) is 0 Å². The number of halogens is 1. The fourth-order valence-electron chi connectivity index (χ4n) is 1.82. The van der Waals surface area contributed by atoms with Crippen molar-refractivity contribution in [3.05, 3.63) is 59.7 Å². The monoisotopic (exact) mass is 301 g/mol. The van der Waals surface area contributed by atoms with Gasteiger partial charge in [0.05, 0.1) is 23.8 Å². The van der Waals surface area contributed by atoms with Crippen LogP contribution in [0.15, 0.2) is 47.6 Å². The van der Waals surface area contributed by atoms with Crippen molar-refractivity contribution in [1.29, 1.82) is 0 Å². The number of aromatic nitrogens is 3. The first-order valence-corrected chi connectivity index (χ1v) is 6.69. The number of hydrogen-bond acceptors (Lipinski definition) is 5. The lowest BCUT2D eigenvalue weighted by Gasteiger charge is -2.10. The number of rotatable bonds is 4. The molecule has 3 rings (SSSR count). The van der Waals surface area contributed by atoms with Crippen LogP contribution in [0.5, 0.6) is 5.75 Å². The largest absolute Gasteiger partial charge is 0.485 e. The van der Waals surface area contributed by atoms with Gasteiger partial charge >= 0.3 is 0 Å². The molecule has 0 aliphatic rings. The standard InChI is InChI=1S/C15H12ClN3O2/c1-10-5-19-14(7-18-10)13-3-2-11(16)4-15(13)20-8-12-6-17-9-21-12/h2-7,9H,8H2,1H3. The van der Waals surface area contributed by atoms with Crippen LogP contribution in [0.3, 0.4) is 0 Å². The summed E-state index contributed by atoms with van der Waals surface area (Å²) in [5.41, 5.74) is 2.41. The van der Waals surface area contributed by atoms with E-state index in [0.29, 0.717) is 16.5 Å². The Kier molecular flexibility index (Phi) is 3.83. The third-order valence-corrected chi connectivity index (χ3v) is 3.09. The third kappa shape index (κ3) is 3.20. The lowest BCUT2D eigenvalue weighted by atomic mass is 10.1. The number of oxazole rings is 1. The molecule has 21 heavy (non-hydrogen) atoms. The van der Waals surface area contributed by atoms with Crippen LogP contribution in [0.25, 0.3) is 11.3 Å². The van der Waals surface area contributed by atoms with Crippen LogP contribution in [0.1, 0.15) is 11.5 Å². The first kappa shape index (κ1) is 13.6. The van der Waals surface area contributed by atoms with E-state index in [-0.39, 0.29) is 6.61 Å². The molecule has 0 fully saturated rings. The predicted molar refractivity (Wildman–Crippen MR) is 78.1 cm³/mol. The van der Waals surface area contributed by atoms with Crippen molar-refractivity contribution in [3.63, 3.8) is 0 Å². The molecule has 6 heteroatoms. The summed E-state index contributed by atoms with van der Waals surface area (Å²) in [6, 6.07) is 5.39. The van der Waals surface area contributed by atoms with Gasteiger partial charge in [-0.25, -0.2) is 4.98 Å². The smallest absolute Gasteiger partial charge is 0.181 e. The summed E-state index contributed by atoms with van der Waals surface area (Å²) in [7, 11) is 0. The van der Waals surface area contributed by atoms with E-state index in [2.05, 4.69) is 15.0 Å². The molecule has 0 amide bonds. The van der Waals surface area contributed by atoms with Crippen LogP contribution in [0, 0.1) is 6.92 Å². The molecule has 3 aromatic rings. The highest BCUT2D eigenvalue weighted by Gasteiger charge is 2.10. The average molecular weight is 302 g/mol. The van der Waals surface area contributed by atoms with E-state index < -0.39 is 0 Å². The third-order valence-electron chi connectivity index (χ3n) is 2.85. The van der Waals surface area contributed by atoms with Gasteiger partial charge in [0.25, 0.3) is 0 Å². The first-order valence-electron chi connectivity index (χ1n) is 6.31. The van der Waals surface area contributed by atoms with Crippen molar-refractivity contribution in [2.75, 3.05) is 0 Å². The van der Waals surface area contributed by atoms with Gasteiger partial charge in [-0.05, 0) is 25.1 Å². The predicted octanol–water partition coefficient (Wildman–Crippen LogP) is 3.67. The van der Waals surface area contributed by atoms with Crippen molar-refractivity contribution in [3.8, 4) is 17.0 Å². The van der Waals surface area contributed by atoms with Gasteiger partial charge < -0.3 is 9.15 Å². The van der Waals surface area contributed by atoms with Crippen molar-refractivity contribution < 1.29 is 9.15 Å². The molecular weight excluding hydrogens is 290 g/mol. The van der Waals surface area contributed by atoms with Crippen molar-refractivity contribution in [2.45, 2.75) is 13.5 Å². The summed E-state index contributed by atoms with van der Waals surface area (Å²) in [5, 5.41) is 0.589. The van der Waals surface area contributed by atoms with E-state index in [9.17, 15) is 0 Å². The lowest BCUT2D eigenvalue weighted by Crippen LogP contribution is -1.97. The molecule has 5 nitrogen and oxygen atoms in total. The van der Waals surface area contributed by atoms with E-state index in [4.69, 9.17) is 20.8 Å². The van der Waals surface area contributed by atoms with Crippen molar-refractivity contribution >= 4 is 11.6 Å². The molecule has 0 unspecified atom stereocenters. The highest BCUT2D eigenvalue weighted by molar-refractivity contribution is 6.30. The molecule has 0 aliphatic carbocycles. The zero-order valence-electron chi connectivity index (χ0n) is 11.3. The maximum atomic E-state index is 6.04. The number of nitrogens with zero attached hydrogens (tertiary/aromatic N) is 3. The zero-order chi connectivity index (χ0) is 14.7. The van der Waals surface area contributed by atoms with Crippen LogP contribution < -0.4 is 4.74 Å². The van der Waals surface area contributed by atoms with E-state index >= 15 is 0 Å². The minimum absolute atomic E-state index is 0.270. The minimum Gasteiger partial charge on any atom is -0.485 e. The topological polar surface area (TPSA) is 61.0 Å². The van der Waals surface area contributed by atoms with E-state index in [0.717, 1.165) is 17.0 Å². The summed E-state index contributed by atoms with van der Waals surface area (Å²) >= 11 is 6.04. The number of benzene rings is 1. The van der Waals surface area contributed by atoms with E-state index in [1.165, 1.54) is 6.39 Å². The van der Waals surface area contributed by atoms with Gasteiger partial charge in [-0.3, -0.25) is 9.97 Å². The van der Waals surface area contributed by atoms with Crippen LogP contribution in [-0.4, -0.2) is 15.0 Å². The maximum Gasteiger partial charge on any atom is 0.181 e. The Hall–Kier alpha value is -2.40. The fraction of sp³-hybridized carbons (Fsp3) is 0.133. The lowest BCUT2D eigenvalue weighted by molar-refractivity contribution is 0.271. The van der Waals surface area contributed by atoms with Gasteiger partial charge in [0.1, 0.15) is 12.4 Å². The van der Waals surface area contributed by atoms with Crippen LogP contribution in [-0.2, 0) is 6.61 Å². The molecule has 0 N–H and O–H groups in total. The molecular formula is C15H12ClN3O2. The average Bonchev–Trinajstić information content (AvgIpc) is 3.00. The van der Waals surface area contributed by atoms with Crippen molar-refractivity contribution in [1.82, 2.24) is 15.0 Å². The molecule has 0 radical (unpaired) electrons. The Labute approximate surface area is 126 Å². The Morgan fingerprint density at radius 2 is 2.10 bits per heavy atom. The molecule has 2 heterocycles. The van der Waals surface area contributed by atoms with E-state index in [1.54, 1.807) is 30.7 Å². The fourth-order valence-corrected chi connectivity index (χ4v) is 1.98. The summed E-state index contributed by atoms with van der Waals surface area (Å²) < 4.78 is 10.9. The van der Waals surface area contributed by atoms with Crippen molar-refractivity contribution in [2.24, 2.45) is 0 Å². The van der Waals surface area contributed by atoms with Crippen LogP contribution in [0.4, 0.5) is 0 Å². The second-order valence-electron chi connectivity index (χ2n) is 4.44.